The maximum absolute atomic E-state index is 14.3. The van der Waals surface area contributed by atoms with Crippen molar-refractivity contribution in [3.8, 4) is 11.5 Å². The molecule has 0 aliphatic rings. The number of methoxy groups -OCH3 is 2. The average molecular weight is 433 g/mol. The van der Waals surface area contributed by atoms with E-state index in [1.165, 1.54) is 14.2 Å². The molecule has 0 saturated carbocycles. The lowest BCUT2D eigenvalue weighted by Gasteiger charge is -2.14. The highest BCUT2D eigenvalue weighted by atomic mass is 32.2. The van der Waals surface area contributed by atoms with E-state index in [-0.39, 0.29) is 17.5 Å². The molecule has 0 unspecified atom stereocenters. The minimum Gasteiger partial charge on any atom is -0.497 e. The molecule has 0 bridgehead atoms. The fraction of sp³-hybridized carbons (Fsp3) is 0.158. The van der Waals surface area contributed by atoms with Gasteiger partial charge in [0, 0.05) is 6.07 Å². The van der Waals surface area contributed by atoms with Crippen molar-refractivity contribution < 1.29 is 22.3 Å². The summed E-state index contributed by atoms with van der Waals surface area (Å²) >= 11 is 0. The fourth-order valence-corrected chi connectivity index (χ4v) is 3.13. The number of aromatic nitrogens is 2. The first-order valence-corrected chi connectivity index (χ1v) is 10.5. The van der Waals surface area contributed by atoms with Crippen LogP contribution in [0.4, 0.5) is 33.2 Å². The molecule has 0 saturated heterocycles. The summed E-state index contributed by atoms with van der Waals surface area (Å²) in [7, 11) is -0.477. The van der Waals surface area contributed by atoms with Gasteiger partial charge in [-0.3, -0.25) is 4.72 Å². The number of nitrogens with zero attached hydrogens (tertiary/aromatic N) is 2. The van der Waals surface area contributed by atoms with Crippen LogP contribution in [0.15, 0.2) is 48.7 Å². The summed E-state index contributed by atoms with van der Waals surface area (Å²) in [5.41, 5.74) is 1.10. The van der Waals surface area contributed by atoms with Gasteiger partial charge in [-0.15, -0.1) is 0 Å². The fourth-order valence-electron chi connectivity index (χ4n) is 2.56. The number of ether oxygens (including phenoxy) is 2. The lowest BCUT2D eigenvalue weighted by Crippen LogP contribution is -2.11. The van der Waals surface area contributed by atoms with Gasteiger partial charge in [0.15, 0.2) is 11.6 Å². The first-order valence-electron chi connectivity index (χ1n) is 8.64. The zero-order valence-electron chi connectivity index (χ0n) is 16.4. The van der Waals surface area contributed by atoms with Gasteiger partial charge >= 0.3 is 0 Å². The smallest absolute Gasteiger partial charge is 0.229 e. The van der Waals surface area contributed by atoms with Crippen LogP contribution in [0, 0.1) is 5.82 Å². The SMILES string of the molecule is COc1ccc(OC)c(Nc2ncc(F)c(Nc3ccccc3NS(C)(=O)=O)n2)c1. The second kappa shape index (κ2) is 8.82. The molecule has 0 aliphatic heterocycles. The van der Waals surface area contributed by atoms with Crippen LogP contribution in [0.2, 0.25) is 0 Å². The zero-order valence-corrected chi connectivity index (χ0v) is 17.2. The summed E-state index contributed by atoms with van der Waals surface area (Å²) in [6.45, 7) is 0. The van der Waals surface area contributed by atoms with E-state index in [1.54, 1.807) is 42.5 Å². The largest absolute Gasteiger partial charge is 0.497 e. The highest BCUT2D eigenvalue weighted by Crippen LogP contribution is 2.32. The van der Waals surface area contributed by atoms with Crippen LogP contribution in [-0.4, -0.2) is 38.9 Å². The quantitative estimate of drug-likeness (QED) is 0.495. The molecule has 0 spiro atoms. The Bertz CT molecular complexity index is 1160. The molecular weight excluding hydrogens is 413 g/mol. The Kier molecular flexibility index (Phi) is 6.21. The highest BCUT2D eigenvalue weighted by Gasteiger charge is 2.13. The summed E-state index contributed by atoms with van der Waals surface area (Å²) in [5, 5.41) is 5.75. The van der Waals surface area contributed by atoms with Crippen molar-refractivity contribution in [3.05, 3.63) is 54.5 Å². The maximum atomic E-state index is 14.3. The Morgan fingerprint density at radius 1 is 0.967 bits per heavy atom. The van der Waals surface area contributed by atoms with E-state index in [4.69, 9.17) is 9.47 Å². The molecule has 11 heteroatoms. The van der Waals surface area contributed by atoms with Crippen LogP contribution in [0.5, 0.6) is 11.5 Å². The predicted octanol–water partition coefficient (Wildman–Crippen LogP) is 3.49. The third-order valence-corrected chi connectivity index (χ3v) is 4.46. The minimum atomic E-state index is -3.52. The first kappa shape index (κ1) is 21.1. The van der Waals surface area contributed by atoms with Crippen molar-refractivity contribution in [2.45, 2.75) is 0 Å². The molecule has 1 aromatic heterocycles. The molecular formula is C19H20FN5O4S. The van der Waals surface area contributed by atoms with Crippen LogP contribution in [0.25, 0.3) is 0 Å². The molecule has 0 amide bonds. The van der Waals surface area contributed by atoms with Gasteiger partial charge in [0.25, 0.3) is 0 Å². The molecule has 158 valence electrons. The van der Waals surface area contributed by atoms with Gasteiger partial charge in [-0.2, -0.15) is 4.98 Å². The Balaban J connectivity index is 1.91. The van der Waals surface area contributed by atoms with E-state index in [1.807, 2.05) is 0 Å². The number of rotatable bonds is 8. The van der Waals surface area contributed by atoms with E-state index in [0.717, 1.165) is 12.5 Å². The van der Waals surface area contributed by atoms with Crippen molar-refractivity contribution in [3.63, 3.8) is 0 Å². The van der Waals surface area contributed by atoms with Crippen LogP contribution in [0.1, 0.15) is 0 Å². The summed E-state index contributed by atoms with van der Waals surface area (Å²) in [5.74, 6) is 0.337. The van der Waals surface area contributed by atoms with E-state index >= 15 is 0 Å². The molecule has 9 nitrogen and oxygen atoms in total. The van der Waals surface area contributed by atoms with Gasteiger partial charge in [-0.25, -0.2) is 17.8 Å². The molecule has 30 heavy (non-hydrogen) atoms. The second-order valence-corrected chi connectivity index (χ2v) is 7.87. The van der Waals surface area contributed by atoms with Gasteiger partial charge < -0.3 is 20.1 Å². The molecule has 0 atom stereocenters. The van der Waals surface area contributed by atoms with Crippen molar-refractivity contribution in [1.29, 1.82) is 0 Å². The number of hydrogen-bond acceptors (Lipinski definition) is 8. The molecule has 3 aromatic rings. The Hall–Kier alpha value is -3.60. The number of halogens is 1. The molecule has 3 rings (SSSR count). The number of para-hydroxylation sites is 2. The Labute approximate surface area is 173 Å². The number of hydrogen-bond donors (Lipinski definition) is 3. The summed E-state index contributed by atoms with van der Waals surface area (Å²) in [6.07, 6.45) is 2.02. The monoisotopic (exact) mass is 433 g/mol. The number of benzene rings is 2. The van der Waals surface area contributed by atoms with Crippen LogP contribution in [0.3, 0.4) is 0 Å². The molecule has 0 fully saturated rings. The second-order valence-electron chi connectivity index (χ2n) is 6.13. The molecule has 3 N–H and O–H groups in total. The molecule has 1 heterocycles. The van der Waals surface area contributed by atoms with E-state index in [0.29, 0.717) is 22.9 Å². The third kappa shape index (κ3) is 5.26. The zero-order chi connectivity index (χ0) is 21.7. The van der Waals surface area contributed by atoms with Crippen LogP contribution in [-0.2, 0) is 10.0 Å². The van der Waals surface area contributed by atoms with Gasteiger partial charge in [-0.1, -0.05) is 12.1 Å². The minimum absolute atomic E-state index is 0.0963. The topological polar surface area (TPSA) is 114 Å². The third-order valence-electron chi connectivity index (χ3n) is 3.87. The summed E-state index contributed by atoms with van der Waals surface area (Å²) < 4.78 is 50.3. The maximum Gasteiger partial charge on any atom is 0.229 e. The van der Waals surface area contributed by atoms with Gasteiger partial charge in [0.2, 0.25) is 16.0 Å². The van der Waals surface area contributed by atoms with Gasteiger partial charge in [-0.05, 0) is 24.3 Å². The van der Waals surface area contributed by atoms with E-state index in [9.17, 15) is 12.8 Å². The lowest BCUT2D eigenvalue weighted by atomic mass is 10.2. The van der Waals surface area contributed by atoms with Gasteiger partial charge in [0.05, 0.1) is 43.7 Å². The normalized spacial score (nSPS) is 10.9. The van der Waals surface area contributed by atoms with E-state index in [2.05, 4.69) is 25.3 Å². The van der Waals surface area contributed by atoms with E-state index < -0.39 is 15.8 Å². The number of anilines is 5. The average Bonchev–Trinajstić information content (AvgIpc) is 2.70. The highest BCUT2D eigenvalue weighted by molar-refractivity contribution is 7.92. The molecule has 0 radical (unpaired) electrons. The Morgan fingerprint density at radius 3 is 2.37 bits per heavy atom. The standard InChI is InChI=1S/C19H20FN5O4S/c1-28-12-8-9-17(29-2)16(10-12)23-19-21-11-13(20)18(24-19)22-14-6-4-5-7-15(14)25-30(3,26)27/h4-11,25H,1-3H3,(H2,21,22,23,24). The van der Waals surface area contributed by atoms with Crippen molar-refractivity contribution in [2.24, 2.45) is 0 Å². The summed E-state index contributed by atoms with van der Waals surface area (Å²) in [4.78, 5) is 8.09. The van der Waals surface area contributed by atoms with Crippen LogP contribution < -0.4 is 24.8 Å². The summed E-state index contributed by atoms with van der Waals surface area (Å²) in [6, 6.07) is 11.6. The number of nitrogens with one attached hydrogen (secondary N) is 3. The number of sulfonamides is 1. The lowest BCUT2D eigenvalue weighted by molar-refractivity contribution is 0.405. The molecule has 2 aromatic carbocycles. The molecule has 0 aliphatic carbocycles. The predicted molar refractivity (Wildman–Crippen MR) is 113 cm³/mol. The first-order chi connectivity index (χ1) is 14.3. The Morgan fingerprint density at radius 2 is 1.70 bits per heavy atom. The van der Waals surface area contributed by atoms with Crippen LogP contribution >= 0.6 is 0 Å². The van der Waals surface area contributed by atoms with Crippen molar-refractivity contribution >= 4 is 38.9 Å². The van der Waals surface area contributed by atoms with Gasteiger partial charge in [0.1, 0.15) is 11.5 Å². The van der Waals surface area contributed by atoms with Crippen molar-refractivity contribution in [2.75, 3.05) is 35.8 Å². The van der Waals surface area contributed by atoms with Crippen molar-refractivity contribution in [1.82, 2.24) is 9.97 Å².